The molecule has 0 aliphatic carbocycles. The van der Waals surface area contributed by atoms with Gasteiger partial charge in [-0.1, -0.05) is 62.2 Å². The molecule has 0 bridgehead atoms. The highest BCUT2D eigenvalue weighted by atomic mass is 35.5. The Kier molecular flexibility index (Phi) is 9.66. The summed E-state index contributed by atoms with van der Waals surface area (Å²) in [5.41, 5.74) is 1.75. The first-order valence-electron chi connectivity index (χ1n) is 10.4. The third kappa shape index (κ3) is 7.75. The zero-order valence-corrected chi connectivity index (χ0v) is 20.0. The van der Waals surface area contributed by atoms with E-state index < -0.39 is 6.04 Å². The number of benzene rings is 2. The number of halogens is 2. The van der Waals surface area contributed by atoms with Crippen LogP contribution in [0, 0.1) is 12.8 Å². The van der Waals surface area contributed by atoms with E-state index in [0.29, 0.717) is 40.2 Å². The zero-order chi connectivity index (χ0) is 23.0. The zero-order valence-electron chi connectivity index (χ0n) is 18.5. The van der Waals surface area contributed by atoms with E-state index in [4.69, 9.17) is 27.9 Å². The van der Waals surface area contributed by atoms with Crippen molar-refractivity contribution in [1.82, 2.24) is 10.2 Å². The SMILES string of the molecule is CC[C@H](C(=O)NCC(C)C)N(Cc1ccc(Cl)cc1Cl)C(=O)COc1cccc(C)c1. The first kappa shape index (κ1) is 25.0. The van der Waals surface area contributed by atoms with Crippen LogP contribution in [0.25, 0.3) is 0 Å². The molecule has 0 heterocycles. The molecule has 7 heteroatoms. The molecule has 2 aromatic rings. The lowest BCUT2D eigenvalue weighted by atomic mass is 10.1. The van der Waals surface area contributed by atoms with Crippen LogP contribution in [0.3, 0.4) is 0 Å². The number of carbonyl (C=O) groups is 2. The summed E-state index contributed by atoms with van der Waals surface area (Å²) in [6.45, 7) is 8.42. The first-order valence-corrected chi connectivity index (χ1v) is 11.2. The Morgan fingerprint density at radius 2 is 1.87 bits per heavy atom. The van der Waals surface area contributed by atoms with E-state index in [2.05, 4.69) is 5.32 Å². The lowest BCUT2D eigenvalue weighted by Crippen LogP contribution is -2.50. The predicted molar refractivity (Wildman–Crippen MR) is 126 cm³/mol. The van der Waals surface area contributed by atoms with Crippen LogP contribution in [0.15, 0.2) is 42.5 Å². The largest absolute Gasteiger partial charge is 0.484 e. The molecule has 31 heavy (non-hydrogen) atoms. The van der Waals surface area contributed by atoms with Gasteiger partial charge in [-0.15, -0.1) is 0 Å². The fraction of sp³-hybridized carbons (Fsp3) is 0.417. The van der Waals surface area contributed by atoms with Gasteiger partial charge < -0.3 is 15.0 Å². The van der Waals surface area contributed by atoms with Gasteiger partial charge in [0, 0.05) is 23.1 Å². The van der Waals surface area contributed by atoms with Gasteiger partial charge in [-0.05, 0) is 54.7 Å². The van der Waals surface area contributed by atoms with Crippen molar-refractivity contribution < 1.29 is 14.3 Å². The predicted octanol–water partition coefficient (Wildman–Crippen LogP) is 5.26. The molecule has 2 rings (SSSR count). The summed E-state index contributed by atoms with van der Waals surface area (Å²) < 4.78 is 5.71. The second-order valence-corrected chi connectivity index (χ2v) is 8.77. The molecule has 2 aromatic carbocycles. The third-order valence-corrected chi connectivity index (χ3v) is 5.37. The number of hydrogen-bond donors (Lipinski definition) is 1. The van der Waals surface area contributed by atoms with E-state index >= 15 is 0 Å². The fourth-order valence-corrected chi connectivity index (χ4v) is 3.58. The Morgan fingerprint density at radius 3 is 2.48 bits per heavy atom. The minimum absolute atomic E-state index is 0.178. The van der Waals surface area contributed by atoms with Crippen LogP contribution in [0.1, 0.15) is 38.3 Å². The Morgan fingerprint density at radius 1 is 1.13 bits per heavy atom. The van der Waals surface area contributed by atoms with E-state index in [0.717, 1.165) is 5.56 Å². The van der Waals surface area contributed by atoms with Gasteiger partial charge in [0.05, 0.1) is 0 Å². The van der Waals surface area contributed by atoms with Gasteiger partial charge in [0.15, 0.2) is 6.61 Å². The maximum atomic E-state index is 13.2. The van der Waals surface area contributed by atoms with E-state index in [9.17, 15) is 9.59 Å². The average Bonchev–Trinajstić information content (AvgIpc) is 2.72. The molecule has 0 fully saturated rings. The highest BCUT2D eigenvalue weighted by molar-refractivity contribution is 6.35. The van der Waals surface area contributed by atoms with Crippen molar-refractivity contribution in [3.8, 4) is 5.75 Å². The monoisotopic (exact) mass is 464 g/mol. The van der Waals surface area contributed by atoms with Crippen LogP contribution in [-0.4, -0.2) is 35.9 Å². The number of amides is 2. The molecule has 168 valence electrons. The normalized spacial score (nSPS) is 11.8. The summed E-state index contributed by atoms with van der Waals surface area (Å²) in [6.07, 6.45) is 0.464. The smallest absolute Gasteiger partial charge is 0.261 e. The average molecular weight is 465 g/mol. The number of nitrogens with zero attached hydrogens (tertiary/aromatic N) is 1. The second kappa shape index (κ2) is 12.0. The molecular weight excluding hydrogens is 435 g/mol. The Balaban J connectivity index is 2.24. The lowest BCUT2D eigenvalue weighted by molar-refractivity contribution is -0.143. The van der Waals surface area contributed by atoms with Crippen molar-refractivity contribution in [2.75, 3.05) is 13.2 Å². The fourth-order valence-electron chi connectivity index (χ4n) is 3.11. The molecule has 1 atom stereocenters. The lowest BCUT2D eigenvalue weighted by Gasteiger charge is -2.31. The number of rotatable bonds is 10. The van der Waals surface area contributed by atoms with Crippen molar-refractivity contribution in [3.63, 3.8) is 0 Å². The summed E-state index contributed by atoms with van der Waals surface area (Å²) in [5, 5.41) is 3.89. The van der Waals surface area contributed by atoms with Gasteiger partial charge in [0.1, 0.15) is 11.8 Å². The minimum atomic E-state index is -0.640. The summed E-state index contributed by atoms with van der Waals surface area (Å²) in [4.78, 5) is 27.6. The van der Waals surface area contributed by atoms with Crippen LogP contribution < -0.4 is 10.1 Å². The van der Waals surface area contributed by atoms with Gasteiger partial charge in [-0.3, -0.25) is 9.59 Å². The van der Waals surface area contributed by atoms with Gasteiger partial charge in [-0.2, -0.15) is 0 Å². The Labute approximate surface area is 194 Å². The van der Waals surface area contributed by atoms with Gasteiger partial charge in [0.25, 0.3) is 5.91 Å². The molecule has 2 amide bonds. The first-order chi connectivity index (χ1) is 14.7. The van der Waals surface area contributed by atoms with E-state index in [1.807, 2.05) is 45.9 Å². The molecule has 5 nitrogen and oxygen atoms in total. The molecule has 0 unspecified atom stereocenters. The van der Waals surface area contributed by atoms with Crippen molar-refractivity contribution in [2.24, 2.45) is 5.92 Å². The van der Waals surface area contributed by atoms with Crippen LogP contribution in [0.2, 0.25) is 10.0 Å². The molecule has 0 radical (unpaired) electrons. The number of hydrogen-bond acceptors (Lipinski definition) is 3. The molecule has 0 saturated heterocycles. The van der Waals surface area contributed by atoms with Gasteiger partial charge in [0.2, 0.25) is 5.91 Å². The molecule has 0 aliphatic rings. The molecule has 0 aliphatic heterocycles. The maximum Gasteiger partial charge on any atom is 0.261 e. The van der Waals surface area contributed by atoms with E-state index in [1.165, 1.54) is 4.90 Å². The van der Waals surface area contributed by atoms with E-state index in [-0.39, 0.29) is 25.0 Å². The summed E-state index contributed by atoms with van der Waals surface area (Å²) in [7, 11) is 0. The van der Waals surface area contributed by atoms with Crippen LogP contribution in [0.5, 0.6) is 5.75 Å². The van der Waals surface area contributed by atoms with Crippen molar-refractivity contribution >= 4 is 35.0 Å². The standard InChI is InChI=1S/C24H30Cl2N2O3/c1-5-22(24(30)27-13-16(2)3)28(14-18-9-10-19(25)12-21(18)26)23(29)15-31-20-8-6-7-17(4)11-20/h6-12,16,22H,5,13-15H2,1-4H3,(H,27,30)/t22-/m1/s1. The summed E-state index contributed by atoms with van der Waals surface area (Å²) >= 11 is 12.4. The van der Waals surface area contributed by atoms with Crippen LogP contribution in [-0.2, 0) is 16.1 Å². The Hall–Kier alpha value is -2.24. The maximum absolute atomic E-state index is 13.2. The number of aryl methyl sites for hydroxylation is 1. The van der Waals surface area contributed by atoms with Crippen LogP contribution in [0.4, 0.5) is 0 Å². The molecule has 0 saturated carbocycles. The molecule has 0 aromatic heterocycles. The highest BCUT2D eigenvalue weighted by Gasteiger charge is 2.29. The number of ether oxygens (including phenoxy) is 1. The quantitative estimate of drug-likeness (QED) is 0.521. The van der Waals surface area contributed by atoms with Crippen molar-refractivity contribution in [2.45, 2.75) is 46.7 Å². The van der Waals surface area contributed by atoms with Gasteiger partial charge in [-0.25, -0.2) is 0 Å². The van der Waals surface area contributed by atoms with Crippen LogP contribution >= 0.6 is 23.2 Å². The van der Waals surface area contributed by atoms with E-state index in [1.54, 1.807) is 24.3 Å². The third-order valence-electron chi connectivity index (χ3n) is 4.78. The van der Waals surface area contributed by atoms with Crippen molar-refractivity contribution in [3.05, 3.63) is 63.6 Å². The topological polar surface area (TPSA) is 58.6 Å². The number of nitrogens with one attached hydrogen (secondary N) is 1. The molecule has 1 N–H and O–H groups in total. The minimum Gasteiger partial charge on any atom is -0.484 e. The molecule has 0 spiro atoms. The van der Waals surface area contributed by atoms with Crippen molar-refractivity contribution in [1.29, 1.82) is 0 Å². The summed E-state index contributed by atoms with van der Waals surface area (Å²) in [5.74, 6) is 0.431. The molecular formula is C24H30Cl2N2O3. The Bertz CT molecular complexity index is 902. The van der Waals surface area contributed by atoms with Gasteiger partial charge >= 0.3 is 0 Å². The number of carbonyl (C=O) groups excluding carboxylic acids is 2. The highest BCUT2D eigenvalue weighted by Crippen LogP contribution is 2.24. The second-order valence-electron chi connectivity index (χ2n) is 7.93. The summed E-state index contributed by atoms with van der Waals surface area (Å²) in [6, 6.07) is 12.0.